The Morgan fingerprint density at radius 2 is 1.80 bits per heavy atom. The fourth-order valence-electron chi connectivity index (χ4n) is 2.72. The second kappa shape index (κ2) is 4.85. The van der Waals surface area contributed by atoms with E-state index in [4.69, 9.17) is 5.26 Å². The Kier molecular flexibility index (Phi) is 3.98. The van der Waals surface area contributed by atoms with Crippen LogP contribution >= 0.6 is 0 Å². The first kappa shape index (κ1) is 12.3. The average molecular weight is 209 g/mol. The topological polar surface area (TPSA) is 30.3 Å². The van der Waals surface area contributed by atoms with Crippen molar-refractivity contribution >= 4 is 0 Å². The molecule has 0 radical (unpaired) electrons. The van der Waals surface area contributed by atoms with Gasteiger partial charge in [0.2, 0.25) is 0 Å². The number of nitrogens with zero attached hydrogens (tertiary/aromatic N) is 3. The largest absolute Gasteiger partial charge is 0.305 e. The van der Waals surface area contributed by atoms with Crippen LogP contribution in [-0.2, 0) is 0 Å². The molecule has 0 bridgehead atoms. The zero-order chi connectivity index (χ0) is 11.6. The summed E-state index contributed by atoms with van der Waals surface area (Å²) in [5.74, 6) is 0.596. The van der Waals surface area contributed by atoms with Crippen molar-refractivity contribution in [3.05, 3.63) is 0 Å². The van der Waals surface area contributed by atoms with Crippen LogP contribution in [0.4, 0.5) is 0 Å². The maximum atomic E-state index is 9.04. The highest BCUT2D eigenvalue weighted by Crippen LogP contribution is 2.24. The minimum Gasteiger partial charge on any atom is -0.305 e. The van der Waals surface area contributed by atoms with Gasteiger partial charge in [-0.05, 0) is 26.7 Å². The summed E-state index contributed by atoms with van der Waals surface area (Å²) in [7, 11) is 0. The van der Waals surface area contributed by atoms with Crippen LogP contribution in [-0.4, -0.2) is 41.0 Å². The van der Waals surface area contributed by atoms with Gasteiger partial charge in [-0.2, -0.15) is 5.26 Å². The van der Waals surface area contributed by atoms with Gasteiger partial charge in [-0.25, -0.2) is 0 Å². The number of hydrogen-bond acceptors (Lipinski definition) is 3. The SMILES string of the molecule is CC(C)C1C(C)N(C#N)CCN1C(C)C. The highest BCUT2D eigenvalue weighted by atomic mass is 15.3. The Labute approximate surface area is 93.7 Å². The zero-order valence-corrected chi connectivity index (χ0v) is 10.6. The summed E-state index contributed by atoms with van der Waals surface area (Å²) in [6.07, 6.45) is 2.30. The van der Waals surface area contributed by atoms with Crippen molar-refractivity contribution in [3.63, 3.8) is 0 Å². The maximum Gasteiger partial charge on any atom is 0.179 e. The van der Waals surface area contributed by atoms with Gasteiger partial charge < -0.3 is 4.90 Å². The zero-order valence-electron chi connectivity index (χ0n) is 10.6. The molecule has 0 aromatic heterocycles. The average Bonchev–Trinajstić information content (AvgIpc) is 2.16. The molecule has 0 aliphatic carbocycles. The first-order chi connectivity index (χ1) is 6.99. The molecule has 86 valence electrons. The molecule has 3 nitrogen and oxygen atoms in total. The molecule has 0 aromatic carbocycles. The second-order valence-corrected chi connectivity index (χ2v) is 5.10. The number of hydrogen-bond donors (Lipinski definition) is 0. The minimum atomic E-state index is 0.339. The molecule has 2 atom stereocenters. The Morgan fingerprint density at radius 1 is 1.20 bits per heavy atom. The van der Waals surface area contributed by atoms with E-state index in [1.807, 2.05) is 4.90 Å². The summed E-state index contributed by atoms with van der Waals surface area (Å²) in [5, 5.41) is 9.04. The Hall–Kier alpha value is -0.750. The van der Waals surface area contributed by atoms with Gasteiger partial charge in [-0.1, -0.05) is 13.8 Å². The van der Waals surface area contributed by atoms with Gasteiger partial charge in [-0.3, -0.25) is 4.90 Å². The summed E-state index contributed by atoms with van der Waals surface area (Å²) in [6, 6.07) is 1.41. The number of rotatable bonds is 2. The normalized spacial score (nSPS) is 28.5. The van der Waals surface area contributed by atoms with Gasteiger partial charge in [0.05, 0.1) is 6.04 Å². The smallest absolute Gasteiger partial charge is 0.179 e. The molecule has 0 N–H and O–H groups in total. The molecule has 1 rings (SSSR count). The van der Waals surface area contributed by atoms with E-state index in [2.05, 4.69) is 45.7 Å². The van der Waals surface area contributed by atoms with E-state index in [-0.39, 0.29) is 0 Å². The van der Waals surface area contributed by atoms with Crippen LogP contribution in [0.3, 0.4) is 0 Å². The van der Waals surface area contributed by atoms with E-state index in [0.29, 0.717) is 24.0 Å². The monoisotopic (exact) mass is 209 g/mol. The quantitative estimate of drug-likeness (QED) is 0.651. The van der Waals surface area contributed by atoms with Crippen LogP contribution < -0.4 is 0 Å². The van der Waals surface area contributed by atoms with Crippen LogP contribution in [0.2, 0.25) is 0 Å². The molecule has 1 saturated heterocycles. The lowest BCUT2D eigenvalue weighted by molar-refractivity contribution is 0.0129. The lowest BCUT2D eigenvalue weighted by atomic mass is 9.91. The first-order valence-corrected chi connectivity index (χ1v) is 5.91. The summed E-state index contributed by atoms with van der Waals surface area (Å²) in [5.41, 5.74) is 0. The van der Waals surface area contributed by atoms with E-state index >= 15 is 0 Å². The van der Waals surface area contributed by atoms with Gasteiger partial charge in [0.1, 0.15) is 0 Å². The third kappa shape index (κ3) is 2.43. The molecular formula is C12H23N3. The first-order valence-electron chi connectivity index (χ1n) is 5.91. The van der Waals surface area contributed by atoms with E-state index in [9.17, 15) is 0 Å². The van der Waals surface area contributed by atoms with Gasteiger partial charge in [0, 0.05) is 25.2 Å². The minimum absolute atomic E-state index is 0.339. The van der Waals surface area contributed by atoms with Crippen LogP contribution in [0.25, 0.3) is 0 Å². The van der Waals surface area contributed by atoms with Crippen molar-refractivity contribution in [1.29, 1.82) is 5.26 Å². The predicted octanol–water partition coefficient (Wildman–Crippen LogP) is 1.91. The lowest BCUT2D eigenvalue weighted by Gasteiger charge is -2.48. The number of nitriles is 1. The Balaban J connectivity index is 2.83. The number of piperazine rings is 1. The molecule has 1 fully saturated rings. The molecule has 3 heteroatoms. The van der Waals surface area contributed by atoms with E-state index in [0.717, 1.165) is 13.1 Å². The van der Waals surface area contributed by atoms with Crippen molar-refractivity contribution in [2.45, 2.75) is 52.7 Å². The second-order valence-electron chi connectivity index (χ2n) is 5.10. The third-order valence-electron chi connectivity index (χ3n) is 3.44. The van der Waals surface area contributed by atoms with Crippen LogP contribution in [0, 0.1) is 17.4 Å². The predicted molar refractivity (Wildman–Crippen MR) is 62.2 cm³/mol. The highest BCUT2D eigenvalue weighted by Gasteiger charge is 2.36. The van der Waals surface area contributed by atoms with Gasteiger partial charge in [-0.15, -0.1) is 0 Å². The highest BCUT2D eigenvalue weighted by molar-refractivity contribution is 4.96. The Bertz CT molecular complexity index is 242. The third-order valence-corrected chi connectivity index (χ3v) is 3.44. The van der Waals surface area contributed by atoms with Crippen molar-refractivity contribution in [3.8, 4) is 6.19 Å². The molecule has 1 aliphatic heterocycles. The van der Waals surface area contributed by atoms with E-state index in [1.165, 1.54) is 0 Å². The van der Waals surface area contributed by atoms with Crippen molar-refractivity contribution in [2.24, 2.45) is 5.92 Å². The van der Waals surface area contributed by atoms with Crippen molar-refractivity contribution < 1.29 is 0 Å². The van der Waals surface area contributed by atoms with Gasteiger partial charge in [0.25, 0.3) is 0 Å². The summed E-state index contributed by atoms with van der Waals surface area (Å²) in [6.45, 7) is 13.0. The van der Waals surface area contributed by atoms with E-state index in [1.54, 1.807) is 0 Å². The Morgan fingerprint density at radius 3 is 2.20 bits per heavy atom. The fraction of sp³-hybridized carbons (Fsp3) is 0.917. The summed E-state index contributed by atoms with van der Waals surface area (Å²) >= 11 is 0. The molecule has 2 unspecified atom stereocenters. The van der Waals surface area contributed by atoms with E-state index < -0.39 is 0 Å². The molecule has 1 heterocycles. The standard InChI is InChI=1S/C12H23N3/c1-9(2)12-11(5)14(8-13)6-7-15(12)10(3)4/h9-12H,6-7H2,1-5H3. The molecule has 0 saturated carbocycles. The fourth-order valence-corrected chi connectivity index (χ4v) is 2.72. The van der Waals surface area contributed by atoms with Crippen LogP contribution in [0.5, 0.6) is 0 Å². The summed E-state index contributed by atoms with van der Waals surface area (Å²) < 4.78 is 0. The molecule has 1 aliphatic rings. The van der Waals surface area contributed by atoms with Gasteiger partial charge in [0.15, 0.2) is 6.19 Å². The maximum absolute atomic E-state index is 9.04. The van der Waals surface area contributed by atoms with Crippen molar-refractivity contribution in [2.75, 3.05) is 13.1 Å². The molecular weight excluding hydrogens is 186 g/mol. The van der Waals surface area contributed by atoms with Crippen LogP contribution in [0.1, 0.15) is 34.6 Å². The van der Waals surface area contributed by atoms with Crippen LogP contribution in [0.15, 0.2) is 0 Å². The molecule has 0 spiro atoms. The summed E-state index contributed by atoms with van der Waals surface area (Å²) in [4.78, 5) is 4.45. The molecule has 0 amide bonds. The van der Waals surface area contributed by atoms with Gasteiger partial charge >= 0.3 is 0 Å². The van der Waals surface area contributed by atoms with Crippen molar-refractivity contribution in [1.82, 2.24) is 9.80 Å². The molecule has 0 aromatic rings. The molecule has 15 heavy (non-hydrogen) atoms. The lowest BCUT2D eigenvalue weighted by Crippen LogP contribution is -2.60.